The minimum Gasteiger partial charge on any atom is -0.488 e. The normalized spacial score (nSPS) is 11.6. The zero-order chi connectivity index (χ0) is 24.5. The third-order valence-corrected chi connectivity index (χ3v) is 5.29. The highest BCUT2D eigenvalue weighted by Gasteiger charge is 2.35. The summed E-state index contributed by atoms with van der Waals surface area (Å²) in [6.45, 7) is 3.43. The van der Waals surface area contributed by atoms with E-state index in [1.807, 2.05) is 13.0 Å². The van der Waals surface area contributed by atoms with Gasteiger partial charge in [-0.2, -0.15) is 22.5 Å². The summed E-state index contributed by atoms with van der Waals surface area (Å²) >= 11 is 0. The first-order valence-electron chi connectivity index (χ1n) is 10.4. The largest absolute Gasteiger partial charge is 0.488 e. The van der Waals surface area contributed by atoms with Crippen LogP contribution >= 0.6 is 0 Å². The molecule has 4 rings (SSSR count). The van der Waals surface area contributed by atoms with Gasteiger partial charge in [0.15, 0.2) is 5.82 Å². The van der Waals surface area contributed by atoms with Crippen LogP contribution in [0.2, 0.25) is 0 Å². The lowest BCUT2D eigenvalue weighted by molar-refractivity contribution is -0.139. The van der Waals surface area contributed by atoms with Gasteiger partial charge in [0.2, 0.25) is 0 Å². The Balaban J connectivity index is 1.73. The maximum Gasteiger partial charge on any atom is 0.419 e. The van der Waals surface area contributed by atoms with Crippen molar-refractivity contribution >= 4 is 0 Å². The van der Waals surface area contributed by atoms with E-state index in [2.05, 4.69) is 20.4 Å². The number of ether oxygens (including phenoxy) is 1. The number of aromatic nitrogens is 6. The number of tetrazole rings is 1. The predicted octanol–water partition coefficient (Wildman–Crippen LogP) is 3.89. The van der Waals surface area contributed by atoms with Crippen LogP contribution in [0, 0.1) is 6.92 Å². The van der Waals surface area contributed by atoms with E-state index in [0.29, 0.717) is 23.4 Å². The molecule has 0 amide bonds. The molecule has 0 N–H and O–H groups in total. The summed E-state index contributed by atoms with van der Waals surface area (Å²) in [5, 5.41) is 7.57. The first kappa shape index (κ1) is 23.1. The minimum atomic E-state index is -4.66. The highest BCUT2D eigenvalue weighted by Crippen LogP contribution is 2.39. The third kappa shape index (κ3) is 4.54. The van der Waals surface area contributed by atoms with Gasteiger partial charge in [-0.05, 0) is 59.7 Å². The van der Waals surface area contributed by atoms with Gasteiger partial charge < -0.3 is 4.74 Å². The fourth-order valence-corrected chi connectivity index (χ4v) is 3.54. The lowest BCUT2D eigenvalue weighted by Gasteiger charge is -2.18. The summed E-state index contributed by atoms with van der Waals surface area (Å²) in [7, 11) is 1.46. The Kier molecular flexibility index (Phi) is 6.18. The zero-order valence-electron chi connectivity index (χ0n) is 18.7. The van der Waals surface area contributed by atoms with Gasteiger partial charge in [0.25, 0.3) is 0 Å². The van der Waals surface area contributed by atoms with E-state index in [1.165, 1.54) is 25.4 Å². The molecule has 0 saturated carbocycles. The molecule has 4 aromatic rings. The number of alkyl halides is 3. The molecule has 0 saturated heterocycles. The maximum atomic E-state index is 13.9. The van der Waals surface area contributed by atoms with Crippen molar-refractivity contribution in [3.8, 4) is 22.8 Å². The Morgan fingerprint density at radius 3 is 2.53 bits per heavy atom. The number of hydrogen-bond donors (Lipinski definition) is 0. The van der Waals surface area contributed by atoms with Crippen molar-refractivity contribution in [1.29, 1.82) is 0 Å². The van der Waals surface area contributed by atoms with Crippen molar-refractivity contribution in [3.05, 3.63) is 81.5 Å². The average molecular weight is 470 g/mol. The topological polar surface area (TPSA) is 87.7 Å². The Morgan fingerprint density at radius 2 is 1.88 bits per heavy atom. The second-order valence-electron chi connectivity index (χ2n) is 7.58. The molecule has 0 aliphatic rings. The quantitative estimate of drug-likeness (QED) is 0.425. The lowest BCUT2D eigenvalue weighted by atomic mass is 10.0. The van der Waals surface area contributed by atoms with Gasteiger partial charge in [0.1, 0.15) is 12.4 Å². The van der Waals surface area contributed by atoms with E-state index in [1.54, 1.807) is 25.1 Å². The monoisotopic (exact) mass is 470 g/mol. The SMILES string of the molecule is CCc1cccc(-n2nnn(C)c2=O)c1COc1ccc(-c2nccc(C)n2)cc1C(F)(F)F. The summed E-state index contributed by atoms with van der Waals surface area (Å²) < 4.78 is 49.6. The molecule has 0 aliphatic heterocycles. The molecule has 2 aromatic heterocycles. The van der Waals surface area contributed by atoms with Crippen LogP contribution in [-0.2, 0) is 26.3 Å². The number of halogens is 3. The standard InChI is InChI=1S/C23H21F3N6O2/c1-4-15-6-5-7-19(32-22(33)31(3)29-30-32)17(15)13-34-20-9-8-16(12-18(20)23(24,25)26)21-27-11-10-14(2)28-21/h5-12H,4,13H2,1-3H3. The first-order chi connectivity index (χ1) is 16.2. The number of benzene rings is 2. The van der Waals surface area contributed by atoms with Gasteiger partial charge in [-0.15, -0.1) is 0 Å². The molecule has 8 nitrogen and oxygen atoms in total. The lowest BCUT2D eigenvalue weighted by Crippen LogP contribution is -2.23. The predicted molar refractivity (Wildman–Crippen MR) is 118 cm³/mol. The van der Waals surface area contributed by atoms with Crippen molar-refractivity contribution in [2.24, 2.45) is 7.05 Å². The molecule has 0 spiro atoms. The average Bonchev–Trinajstić information content (AvgIpc) is 3.14. The first-order valence-corrected chi connectivity index (χ1v) is 10.4. The second kappa shape index (κ2) is 9.08. The molecule has 2 heterocycles. The van der Waals surface area contributed by atoms with Crippen molar-refractivity contribution < 1.29 is 17.9 Å². The van der Waals surface area contributed by atoms with E-state index < -0.39 is 17.4 Å². The van der Waals surface area contributed by atoms with Crippen LogP contribution in [0.4, 0.5) is 13.2 Å². The van der Waals surface area contributed by atoms with Crippen LogP contribution in [-0.4, -0.2) is 29.8 Å². The molecule has 2 aromatic carbocycles. The number of nitrogens with zero attached hydrogens (tertiary/aromatic N) is 6. The van der Waals surface area contributed by atoms with E-state index in [4.69, 9.17) is 4.74 Å². The molecule has 0 bridgehead atoms. The molecule has 0 unspecified atom stereocenters. The Bertz CT molecular complexity index is 1390. The van der Waals surface area contributed by atoms with Crippen LogP contribution in [0.3, 0.4) is 0 Å². The van der Waals surface area contributed by atoms with Crippen molar-refractivity contribution in [1.82, 2.24) is 29.8 Å². The third-order valence-electron chi connectivity index (χ3n) is 5.29. The Labute approximate surface area is 192 Å². The summed E-state index contributed by atoms with van der Waals surface area (Å²) in [4.78, 5) is 20.6. The highest BCUT2D eigenvalue weighted by molar-refractivity contribution is 5.59. The van der Waals surface area contributed by atoms with E-state index >= 15 is 0 Å². The molecule has 176 valence electrons. The van der Waals surface area contributed by atoms with Crippen molar-refractivity contribution in [2.75, 3.05) is 0 Å². The van der Waals surface area contributed by atoms with Gasteiger partial charge in [-0.3, -0.25) is 0 Å². The highest BCUT2D eigenvalue weighted by atomic mass is 19.4. The van der Waals surface area contributed by atoms with Crippen LogP contribution in [0.5, 0.6) is 5.75 Å². The summed E-state index contributed by atoms with van der Waals surface area (Å²) in [6, 6.07) is 10.6. The smallest absolute Gasteiger partial charge is 0.419 e. The summed E-state index contributed by atoms with van der Waals surface area (Å²) in [5.41, 5.74) is 1.21. The molecule has 0 aliphatic carbocycles. The van der Waals surface area contributed by atoms with Crippen LogP contribution < -0.4 is 10.4 Å². The summed E-state index contributed by atoms with van der Waals surface area (Å²) in [6.07, 6.45) is -2.59. The Hall–Kier alpha value is -4.02. The van der Waals surface area contributed by atoms with Crippen LogP contribution in [0.25, 0.3) is 17.1 Å². The zero-order valence-corrected chi connectivity index (χ0v) is 18.7. The number of aryl methyl sites for hydroxylation is 3. The molecular weight excluding hydrogens is 449 g/mol. The van der Waals surface area contributed by atoms with Crippen molar-refractivity contribution in [2.45, 2.75) is 33.1 Å². The number of rotatable bonds is 6. The van der Waals surface area contributed by atoms with Crippen LogP contribution in [0.15, 0.2) is 53.5 Å². The fraction of sp³-hybridized carbons (Fsp3) is 0.261. The second-order valence-corrected chi connectivity index (χ2v) is 7.58. The van der Waals surface area contributed by atoms with Crippen molar-refractivity contribution in [3.63, 3.8) is 0 Å². The fourth-order valence-electron chi connectivity index (χ4n) is 3.54. The molecule has 0 atom stereocenters. The molecule has 0 radical (unpaired) electrons. The van der Waals surface area contributed by atoms with E-state index in [0.717, 1.165) is 21.0 Å². The van der Waals surface area contributed by atoms with E-state index in [-0.39, 0.29) is 23.7 Å². The van der Waals surface area contributed by atoms with Gasteiger partial charge in [-0.1, -0.05) is 19.1 Å². The van der Waals surface area contributed by atoms with Gasteiger partial charge >= 0.3 is 11.9 Å². The van der Waals surface area contributed by atoms with Crippen LogP contribution in [0.1, 0.15) is 29.3 Å². The molecule has 11 heteroatoms. The van der Waals surface area contributed by atoms with E-state index in [9.17, 15) is 18.0 Å². The Morgan fingerprint density at radius 1 is 1.09 bits per heavy atom. The molecular formula is C23H21F3N6O2. The minimum absolute atomic E-state index is 0.192. The summed E-state index contributed by atoms with van der Waals surface area (Å²) in [5.74, 6) is -0.148. The van der Waals surface area contributed by atoms with Gasteiger partial charge in [0.05, 0.1) is 11.3 Å². The number of hydrogen-bond acceptors (Lipinski definition) is 6. The molecule has 34 heavy (non-hydrogen) atoms. The molecule has 0 fully saturated rings. The van der Waals surface area contributed by atoms with Gasteiger partial charge in [-0.25, -0.2) is 14.8 Å². The maximum absolute atomic E-state index is 13.9. The van der Waals surface area contributed by atoms with Gasteiger partial charge in [0, 0.05) is 30.1 Å².